The maximum atomic E-state index is 12.6. The molecule has 0 atom stereocenters. The minimum atomic E-state index is 0. The van der Waals surface area contributed by atoms with Gasteiger partial charge in [0.1, 0.15) is 5.75 Å². The van der Waals surface area contributed by atoms with E-state index in [4.69, 9.17) is 4.74 Å². The molecule has 1 heterocycles. The van der Waals surface area contributed by atoms with Crippen molar-refractivity contribution in [3.8, 4) is 5.75 Å². The lowest BCUT2D eigenvalue weighted by Gasteiger charge is -2.22. The van der Waals surface area contributed by atoms with Crippen molar-refractivity contribution in [3.63, 3.8) is 0 Å². The van der Waals surface area contributed by atoms with Crippen LogP contribution >= 0.6 is 11.3 Å². The number of aromatic nitrogens is 1. The zero-order valence-electron chi connectivity index (χ0n) is 27.0. The van der Waals surface area contributed by atoms with Gasteiger partial charge in [0.15, 0.2) is 12.7 Å². The van der Waals surface area contributed by atoms with Crippen molar-refractivity contribution in [1.29, 1.82) is 0 Å². The third kappa shape index (κ3) is 15.4. The number of hydrogen-bond acceptors (Lipinski definition) is 3. The summed E-state index contributed by atoms with van der Waals surface area (Å²) in [5.74, 6) is 0.998. The first-order valence-corrected chi connectivity index (χ1v) is 17.5. The molecule has 1 amide bonds. The molecule has 1 aromatic heterocycles. The van der Waals surface area contributed by atoms with Gasteiger partial charge in [0.25, 0.3) is 0 Å². The number of benzene rings is 2. The van der Waals surface area contributed by atoms with E-state index in [1.807, 2.05) is 23.1 Å². The molecule has 0 radical (unpaired) electrons. The molecule has 0 aliphatic rings. The first-order chi connectivity index (χ1) is 20.5. The third-order valence-corrected chi connectivity index (χ3v) is 8.83. The van der Waals surface area contributed by atoms with Crippen LogP contribution in [0.1, 0.15) is 120 Å². The molecule has 2 aromatic carbocycles. The standard InChI is InChI=1S/C37H55N2O2S.BrH/c1-4-5-6-7-8-9-10-11-12-13-14-15-16-17-26-41-37-23-19-20-34(28-37)24-25-39(33(3)40)36-22-18-21-35(27-36)30-38-29-32(2)42-31-38;/h18-23,27-29,31H,4-17,24-26,30H2,1-3H3;1H/q+1;/p-1. The molecular formula is C37H55BrN2O2S. The molecule has 0 saturated heterocycles. The number of ether oxygens (including phenoxy) is 1. The van der Waals surface area contributed by atoms with Gasteiger partial charge < -0.3 is 26.6 Å². The number of nitrogens with zero attached hydrogens (tertiary/aromatic N) is 2. The zero-order valence-corrected chi connectivity index (χ0v) is 29.4. The quantitative estimate of drug-likeness (QED) is 0.0865. The molecule has 0 bridgehead atoms. The van der Waals surface area contributed by atoms with Crippen LogP contribution in [0.3, 0.4) is 0 Å². The van der Waals surface area contributed by atoms with E-state index in [0.717, 1.165) is 37.4 Å². The molecule has 4 nitrogen and oxygen atoms in total. The highest BCUT2D eigenvalue weighted by Crippen LogP contribution is 2.20. The maximum absolute atomic E-state index is 12.6. The van der Waals surface area contributed by atoms with Gasteiger partial charge in [-0.15, -0.1) is 0 Å². The summed E-state index contributed by atoms with van der Waals surface area (Å²) in [5, 5.41) is 0. The second-order valence-corrected chi connectivity index (χ2v) is 12.9. The van der Waals surface area contributed by atoms with Gasteiger partial charge in [-0.25, -0.2) is 0 Å². The van der Waals surface area contributed by atoms with Crippen molar-refractivity contribution in [2.45, 2.75) is 124 Å². The molecule has 6 heteroatoms. The van der Waals surface area contributed by atoms with E-state index in [1.54, 1.807) is 18.3 Å². The van der Waals surface area contributed by atoms with Crippen molar-refractivity contribution in [1.82, 2.24) is 0 Å². The number of hydrogen-bond donors (Lipinski definition) is 0. The van der Waals surface area contributed by atoms with Gasteiger partial charge in [-0.2, -0.15) is 4.57 Å². The first-order valence-electron chi connectivity index (χ1n) is 16.6. The normalized spacial score (nSPS) is 10.9. The van der Waals surface area contributed by atoms with E-state index in [0.29, 0.717) is 6.54 Å². The van der Waals surface area contributed by atoms with Gasteiger partial charge in [-0.1, -0.05) is 126 Å². The second kappa shape index (κ2) is 22.3. The molecule has 3 aromatic rings. The lowest BCUT2D eigenvalue weighted by atomic mass is 10.0. The summed E-state index contributed by atoms with van der Waals surface area (Å²) < 4.78 is 8.28. The fraction of sp³-hybridized carbons (Fsp3) is 0.568. The Morgan fingerprint density at radius 1 is 0.814 bits per heavy atom. The van der Waals surface area contributed by atoms with Crippen LogP contribution in [0.15, 0.2) is 60.2 Å². The molecule has 3 rings (SSSR count). The average molecular weight is 672 g/mol. The molecule has 43 heavy (non-hydrogen) atoms. The lowest BCUT2D eigenvalue weighted by molar-refractivity contribution is -0.683. The maximum Gasteiger partial charge on any atom is 0.225 e. The molecule has 0 aliphatic heterocycles. The average Bonchev–Trinajstić information content (AvgIpc) is 3.39. The topological polar surface area (TPSA) is 33.4 Å². The number of rotatable bonds is 22. The Morgan fingerprint density at radius 2 is 1.42 bits per heavy atom. The van der Waals surface area contributed by atoms with Gasteiger partial charge in [-0.05, 0) is 49.6 Å². The van der Waals surface area contributed by atoms with Gasteiger partial charge in [0, 0.05) is 24.7 Å². The van der Waals surface area contributed by atoms with Crippen LogP contribution in [0.4, 0.5) is 5.69 Å². The summed E-state index contributed by atoms with van der Waals surface area (Å²) >= 11 is 1.75. The number of aryl methyl sites for hydroxylation is 1. The van der Waals surface area contributed by atoms with Crippen molar-refractivity contribution in [2.24, 2.45) is 0 Å². The molecular weight excluding hydrogens is 616 g/mol. The van der Waals surface area contributed by atoms with E-state index in [9.17, 15) is 4.79 Å². The molecule has 238 valence electrons. The molecule has 0 aliphatic carbocycles. The summed E-state index contributed by atoms with van der Waals surface area (Å²) in [6.07, 6.45) is 22.1. The van der Waals surface area contributed by atoms with Gasteiger partial charge >= 0.3 is 0 Å². The molecule has 0 fully saturated rings. The number of carbonyl (C=O) groups excluding carboxylic acids is 1. The number of halogens is 1. The Balaban J connectivity index is 0.00000645. The minimum Gasteiger partial charge on any atom is -1.00 e. The summed E-state index contributed by atoms with van der Waals surface area (Å²) in [4.78, 5) is 15.7. The summed E-state index contributed by atoms with van der Waals surface area (Å²) in [6, 6.07) is 16.7. The number of amides is 1. The highest BCUT2D eigenvalue weighted by Gasteiger charge is 2.14. The van der Waals surface area contributed by atoms with Crippen molar-refractivity contribution < 1.29 is 31.1 Å². The van der Waals surface area contributed by atoms with Crippen LogP contribution in [0.5, 0.6) is 5.75 Å². The zero-order chi connectivity index (χ0) is 29.8. The predicted octanol–water partition coefficient (Wildman–Crippen LogP) is 6.85. The first kappa shape index (κ1) is 37.0. The van der Waals surface area contributed by atoms with Crippen LogP contribution in [-0.2, 0) is 17.8 Å². The van der Waals surface area contributed by atoms with Crippen molar-refractivity contribution in [2.75, 3.05) is 18.1 Å². The molecule has 0 saturated carbocycles. The Kier molecular flexibility index (Phi) is 19.2. The van der Waals surface area contributed by atoms with E-state index in [2.05, 4.69) is 60.5 Å². The SMILES string of the molecule is CCCCCCCCCCCCCCCCOc1cccc(CCN(C(C)=O)c2cccc(C[n+]3csc(C)c3)c2)c1.[Br-]. The summed E-state index contributed by atoms with van der Waals surface area (Å²) in [6.45, 7) is 8.29. The number of thiazole rings is 1. The van der Waals surface area contributed by atoms with Crippen LogP contribution in [-0.4, -0.2) is 19.1 Å². The number of carbonyl (C=O) groups is 1. The van der Waals surface area contributed by atoms with E-state index >= 15 is 0 Å². The highest BCUT2D eigenvalue weighted by molar-refractivity contribution is 7.09. The number of unbranched alkanes of at least 4 members (excludes halogenated alkanes) is 13. The monoisotopic (exact) mass is 670 g/mol. The Morgan fingerprint density at radius 3 is 2.02 bits per heavy atom. The predicted molar refractivity (Wildman–Crippen MR) is 179 cm³/mol. The van der Waals surface area contributed by atoms with Crippen LogP contribution < -0.4 is 31.2 Å². The largest absolute Gasteiger partial charge is 1.00 e. The summed E-state index contributed by atoms with van der Waals surface area (Å²) in [5.41, 5.74) is 5.48. The van der Waals surface area contributed by atoms with E-state index < -0.39 is 0 Å². The van der Waals surface area contributed by atoms with Crippen LogP contribution in [0.2, 0.25) is 0 Å². The molecule has 0 spiro atoms. The Hall–Kier alpha value is -2.18. The fourth-order valence-electron chi connectivity index (χ4n) is 5.55. The van der Waals surface area contributed by atoms with Crippen LogP contribution in [0, 0.1) is 6.92 Å². The molecule has 0 N–H and O–H groups in total. The van der Waals surface area contributed by atoms with E-state index in [-0.39, 0.29) is 22.9 Å². The second-order valence-electron chi connectivity index (χ2n) is 11.8. The third-order valence-electron chi connectivity index (χ3n) is 7.98. The fourth-order valence-corrected chi connectivity index (χ4v) is 6.18. The summed E-state index contributed by atoms with van der Waals surface area (Å²) in [7, 11) is 0. The smallest absolute Gasteiger partial charge is 0.225 e. The van der Waals surface area contributed by atoms with Gasteiger partial charge in [-0.3, -0.25) is 4.79 Å². The van der Waals surface area contributed by atoms with Crippen molar-refractivity contribution >= 4 is 22.9 Å². The Labute approximate surface area is 276 Å². The molecule has 0 unspecified atom stereocenters. The Bertz CT molecular complexity index is 1160. The number of anilines is 1. The van der Waals surface area contributed by atoms with E-state index in [1.165, 1.54) is 99.5 Å². The van der Waals surface area contributed by atoms with Crippen molar-refractivity contribution in [3.05, 3.63) is 76.2 Å². The van der Waals surface area contributed by atoms with Gasteiger partial charge in [0.05, 0.1) is 11.5 Å². The minimum absolute atomic E-state index is 0. The lowest BCUT2D eigenvalue weighted by Crippen LogP contribution is -3.00. The highest BCUT2D eigenvalue weighted by atomic mass is 79.9. The van der Waals surface area contributed by atoms with Crippen LogP contribution in [0.25, 0.3) is 0 Å². The van der Waals surface area contributed by atoms with Gasteiger partial charge in [0.2, 0.25) is 11.4 Å².